The number of fused-ring (bicyclic) bond motifs is 2. The van der Waals surface area contributed by atoms with Crippen molar-refractivity contribution in [1.82, 2.24) is 9.78 Å². The van der Waals surface area contributed by atoms with Gasteiger partial charge < -0.3 is 14.8 Å². The SMILES string of the molecule is O=C(Nc1ccc2c(c1)OCCCO2)c1nn(-c2ccccc2F)c2c1CCC2. The summed E-state index contributed by atoms with van der Waals surface area (Å²) >= 11 is 0. The minimum atomic E-state index is -0.362. The highest BCUT2D eigenvalue weighted by molar-refractivity contribution is 6.04. The summed E-state index contributed by atoms with van der Waals surface area (Å²) in [7, 11) is 0. The molecule has 2 aliphatic rings. The first-order valence-electron chi connectivity index (χ1n) is 9.77. The highest BCUT2D eigenvalue weighted by Crippen LogP contribution is 2.33. The van der Waals surface area contributed by atoms with E-state index in [9.17, 15) is 9.18 Å². The van der Waals surface area contributed by atoms with Crippen LogP contribution in [0.3, 0.4) is 0 Å². The molecule has 3 aromatic rings. The van der Waals surface area contributed by atoms with Gasteiger partial charge in [0.2, 0.25) is 0 Å². The van der Waals surface area contributed by atoms with E-state index in [0.29, 0.717) is 41.8 Å². The van der Waals surface area contributed by atoms with E-state index in [2.05, 4.69) is 10.4 Å². The number of nitrogens with one attached hydrogen (secondary N) is 1. The fraction of sp³-hybridized carbons (Fsp3) is 0.273. The molecule has 1 aliphatic carbocycles. The van der Waals surface area contributed by atoms with Crippen LogP contribution in [0.15, 0.2) is 42.5 Å². The molecule has 2 heterocycles. The van der Waals surface area contributed by atoms with Crippen LogP contribution in [-0.2, 0) is 12.8 Å². The van der Waals surface area contributed by atoms with Crippen LogP contribution < -0.4 is 14.8 Å². The molecule has 7 heteroatoms. The van der Waals surface area contributed by atoms with Crippen LogP contribution >= 0.6 is 0 Å². The molecule has 0 saturated carbocycles. The summed E-state index contributed by atoms with van der Waals surface area (Å²) in [5, 5.41) is 7.36. The van der Waals surface area contributed by atoms with Crippen LogP contribution in [0.5, 0.6) is 11.5 Å². The Bertz CT molecular complexity index is 1090. The van der Waals surface area contributed by atoms with Gasteiger partial charge in [0.15, 0.2) is 17.2 Å². The van der Waals surface area contributed by atoms with Gasteiger partial charge in [-0.05, 0) is 43.5 Å². The number of carbonyl (C=O) groups excluding carboxylic acids is 1. The van der Waals surface area contributed by atoms with E-state index in [1.54, 1.807) is 41.1 Å². The van der Waals surface area contributed by atoms with E-state index in [1.165, 1.54) is 6.07 Å². The quantitative estimate of drug-likeness (QED) is 0.733. The lowest BCUT2D eigenvalue weighted by Crippen LogP contribution is -2.15. The van der Waals surface area contributed by atoms with Crippen molar-refractivity contribution in [1.29, 1.82) is 0 Å². The largest absolute Gasteiger partial charge is 0.490 e. The number of rotatable bonds is 3. The van der Waals surface area contributed by atoms with Gasteiger partial charge in [-0.15, -0.1) is 0 Å². The number of para-hydroxylation sites is 1. The fourth-order valence-corrected chi connectivity index (χ4v) is 3.87. The minimum absolute atomic E-state index is 0.312. The molecule has 0 atom stereocenters. The third-order valence-electron chi connectivity index (χ3n) is 5.23. The molecule has 1 aromatic heterocycles. The molecule has 6 nitrogen and oxygen atoms in total. The Morgan fingerprint density at radius 1 is 1.03 bits per heavy atom. The summed E-state index contributed by atoms with van der Waals surface area (Å²) in [5.41, 5.74) is 3.10. The average molecular weight is 393 g/mol. The van der Waals surface area contributed by atoms with Crippen LogP contribution in [0.2, 0.25) is 0 Å². The van der Waals surface area contributed by atoms with Crippen molar-refractivity contribution in [3.8, 4) is 17.2 Å². The van der Waals surface area contributed by atoms with Gasteiger partial charge in [0.05, 0.1) is 13.2 Å². The minimum Gasteiger partial charge on any atom is -0.490 e. The average Bonchev–Trinajstić information content (AvgIpc) is 3.25. The highest BCUT2D eigenvalue weighted by Gasteiger charge is 2.28. The number of ether oxygens (including phenoxy) is 2. The number of nitrogens with zero attached hydrogens (tertiary/aromatic N) is 2. The molecule has 148 valence electrons. The molecule has 0 saturated heterocycles. The topological polar surface area (TPSA) is 65.4 Å². The van der Waals surface area contributed by atoms with Crippen molar-refractivity contribution in [3.05, 3.63) is 65.2 Å². The van der Waals surface area contributed by atoms with Crippen molar-refractivity contribution in [3.63, 3.8) is 0 Å². The molecule has 29 heavy (non-hydrogen) atoms. The molecular weight excluding hydrogens is 373 g/mol. The standard InChI is InChI=1S/C22H20FN3O3/c23-16-6-1-2-7-18(16)26-17-8-3-5-15(17)21(25-26)22(27)24-14-9-10-19-20(13-14)29-12-4-11-28-19/h1-2,6-7,9-10,13H,3-5,8,11-12H2,(H,24,27). The zero-order valence-corrected chi connectivity index (χ0v) is 15.8. The molecule has 1 aliphatic heterocycles. The molecular formula is C22H20FN3O3. The Balaban J connectivity index is 1.46. The van der Waals surface area contributed by atoms with Crippen molar-refractivity contribution in [2.24, 2.45) is 0 Å². The van der Waals surface area contributed by atoms with Gasteiger partial charge in [-0.25, -0.2) is 9.07 Å². The van der Waals surface area contributed by atoms with Crippen LogP contribution in [0.1, 0.15) is 34.6 Å². The molecule has 0 radical (unpaired) electrons. The van der Waals surface area contributed by atoms with E-state index in [4.69, 9.17) is 9.47 Å². The van der Waals surface area contributed by atoms with E-state index in [-0.39, 0.29) is 11.7 Å². The molecule has 0 fully saturated rings. The van der Waals surface area contributed by atoms with Crippen molar-refractivity contribution in [2.45, 2.75) is 25.7 Å². The molecule has 1 N–H and O–H groups in total. The number of hydrogen-bond acceptors (Lipinski definition) is 4. The van der Waals surface area contributed by atoms with Crippen molar-refractivity contribution >= 4 is 11.6 Å². The lowest BCUT2D eigenvalue weighted by molar-refractivity contribution is 0.102. The third kappa shape index (κ3) is 3.22. The van der Waals surface area contributed by atoms with Crippen LogP contribution in [0, 0.1) is 5.82 Å². The zero-order valence-electron chi connectivity index (χ0n) is 15.8. The number of carbonyl (C=O) groups is 1. The van der Waals surface area contributed by atoms with Gasteiger partial charge in [-0.2, -0.15) is 5.10 Å². The predicted octanol–water partition coefficient (Wildman–Crippen LogP) is 3.91. The zero-order chi connectivity index (χ0) is 19.8. The molecule has 0 unspecified atom stereocenters. The Hall–Kier alpha value is -3.35. The molecule has 0 spiro atoms. The Morgan fingerprint density at radius 2 is 1.86 bits per heavy atom. The number of benzene rings is 2. The van der Waals surface area contributed by atoms with E-state index < -0.39 is 0 Å². The first kappa shape index (κ1) is 17.7. The monoisotopic (exact) mass is 393 g/mol. The van der Waals surface area contributed by atoms with Gasteiger partial charge in [-0.1, -0.05) is 12.1 Å². The molecule has 1 amide bonds. The van der Waals surface area contributed by atoms with Gasteiger partial charge in [0.25, 0.3) is 5.91 Å². The predicted molar refractivity (Wildman–Crippen MR) is 106 cm³/mol. The number of anilines is 1. The van der Waals surface area contributed by atoms with Gasteiger partial charge in [0.1, 0.15) is 11.5 Å². The Labute approximate surface area is 167 Å². The summed E-state index contributed by atoms with van der Waals surface area (Å²) in [6.45, 7) is 1.18. The first-order chi connectivity index (χ1) is 14.2. The third-order valence-corrected chi connectivity index (χ3v) is 5.23. The van der Waals surface area contributed by atoms with E-state index in [0.717, 1.165) is 36.9 Å². The summed E-state index contributed by atoms with van der Waals surface area (Å²) in [5.74, 6) is 0.611. The van der Waals surface area contributed by atoms with E-state index in [1.807, 2.05) is 0 Å². The second-order valence-electron chi connectivity index (χ2n) is 7.16. The Morgan fingerprint density at radius 3 is 2.72 bits per heavy atom. The summed E-state index contributed by atoms with van der Waals surface area (Å²) < 4.78 is 27.2. The number of aromatic nitrogens is 2. The van der Waals surface area contributed by atoms with E-state index >= 15 is 0 Å². The lowest BCUT2D eigenvalue weighted by Gasteiger charge is -2.10. The van der Waals surface area contributed by atoms with Crippen molar-refractivity contribution < 1.29 is 18.7 Å². The number of hydrogen-bond donors (Lipinski definition) is 1. The summed E-state index contributed by atoms with van der Waals surface area (Å²) in [4.78, 5) is 13.0. The molecule has 2 aromatic carbocycles. The second-order valence-corrected chi connectivity index (χ2v) is 7.16. The second kappa shape index (κ2) is 7.24. The summed E-state index contributed by atoms with van der Waals surface area (Å²) in [6, 6.07) is 11.8. The van der Waals surface area contributed by atoms with Crippen LogP contribution in [-0.4, -0.2) is 28.9 Å². The molecule has 5 rings (SSSR count). The highest BCUT2D eigenvalue weighted by atomic mass is 19.1. The maximum atomic E-state index is 14.3. The number of halogens is 1. The van der Waals surface area contributed by atoms with Crippen LogP contribution in [0.25, 0.3) is 5.69 Å². The maximum absolute atomic E-state index is 14.3. The normalized spacial score (nSPS) is 14.9. The lowest BCUT2D eigenvalue weighted by atomic mass is 10.2. The fourth-order valence-electron chi connectivity index (χ4n) is 3.87. The first-order valence-corrected chi connectivity index (χ1v) is 9.77. The van der Waals surface area contributed by atoms with Gasteiger partial charge in [0, 0.05) is 29.4 Å². The van der Waals surface area contributed by atoms with Crippen molar-refractivity contribution in [2.75, 3.05) is 18.5 Å². The maximum Gasteiger partial charge on any atom is 0.276 e. The van der Waals surface area contributed by atoms with Gasteiger partial charge in [-0.3, -0.25) is 4.79 Å². The van der Waals surface area contributed by atoms with Gasteiger partial charge >= 0.3 is 0 Å². The summed E-state index contributed by atoms with van der Waals surface area (Å²) in [6.07, 6.45) is 3.27. The van der Waals surface area contributed by atoms with Crippen LogP contribution in [0.4, 0.5) is 10.1 Å². The smallest absolute Gasteiger partial charge is 0.276 e. The molecule has 0 bridgehead atoms. The number of amides is 1. The Kier molecular flexibility index (Phi) is 4.42.